The van der Waals surface area contributed by atoms with E-state index < -0.39 is 17.3 Å². The molecule has 0 unspecified atom stereocenters. The van der Waals surface area contributed by atoms with Crippen LogP contribution in [-0.4, -0.2) is 30.4 Å². The van der Waals surface area contributed by atoms with Gasteiger partial charge in [-0.05, 0) is 12.1 Å². The molecule has 0 saturated carbocycles. The summed E-state index contributed by atoms with van der Waals surface area (Å²) in [5.41, 5.74) is -0.426. The first-order chi connectivity index (χ1) is 7.18. The van der Waals surface area contributed by atoms with Crippen LogP contribution in [0, 0.1) is 5.82 Å². The zero-order chi connectivity index (χ0) is 10.8. The minimum absolute atomic E-state index is 0.0517. The largest absolute Gasteiger partial charge is 0.485 e. The summed E-state index contributed by atoms with van der Waals surface area (Å²) in [5, 5.41) is 8.80. The zero-order valence-electron chi connectivity index (χ0n) is 7.77. The van der Waals surface area contributed by atoms with Crippen molar-refractivity contribution in [3.8, 4) is 5.75 Å². The number of hydrogen-bond donors (Lipinski definition) is 1. The Morgan fingerprint density at radius 2 is 2.27 bits per heavy atom. The van der Waals surface area contributed by atoms with E-state index in [1.165, 1.54) is 12.1 Å². The smallest absolute Gasteiger partial charge is 0.342 e. The van der Waals surface area contributed by atoms with Crippen molar-refractivity contribution in [1.29, 1.82) is 0 Å². The molecule has 80 valence electrons. The normalized spacial score (nSPS) is 15.8. The molecule has 1 aromatic rings. The number of rotatable bonds is 3. The van der Waals surface area contributed by atoms with Gasteiger partial charge in [0, 0.05) is 0 Å². The van der Waals surface area contributed by atoms with Crippen LogP contribution in [0.3, 0.4) is 0 Å². The molecule has 1 aliphatic heterocycles. The summed E-state index contributed by atoms with van der Waals surface area (Å²) in [6.07, 6.45) is -0.176. The van der Waals surface area contributed by atoms with Crippen molar-refractivity contribution in [2.75, 3.05) is 13.2 Å². The molecule has 0 bridgehead atoms. The van der Waals surface area contributed by atoms with Gasteiger partial charge in [0.1, 0.15) is 23.2 Å². The highest BCUT2D eigenvalue weighted by Gasteiger charge is 2.24. The van der Waals surface area contributed by atoms with Crippen LogP contribution in [0.1, 0.15) is 10.4 Å². The van der Waals surface area contributed by atoms with Crippen LogP contribution >= 0.6 is 0 Å². The first-order valence-electron chi connectivity index (χ1n) is 4.44. The van der Waals surface area contributed by atoms with Gasteiger partial charge in [0.25, 0.3) is 0 Å². The van der Waals surface area contributed by atoms with Gasteiger partial charge in [0.15, 0.2) is 0 Å². The molecule has 1 fully saturated rings. The summed E-state index contributed by atoms with van der Waals surface area (Å²) in [6, 6.07) is 3.94. The van der Waals surface area contributed by atoms with Gasteiger partial charge < -0.3 is 14.6 Å². The molecule has 0 amide bonds. The Kier molecular flexibility index (Phi) is 2.55. The van der Waals surface area contributed by atoms with Crippen molar-refractivity contribution in [1.82, 2.24) is 0 Å². The Labute approximate surface area is 85.2 Å². The highest BCUT2D eigenvalue weighted by Crippen LogP contribution is 2.24. The Balaban J connectivity index is 2.27. The second-order valence-electron chi connectivity index (χ2n) is 3.20. The summed E-state index contributed by atoms with van der Waals surface area (Å²) in [6.45, 7) is 0.825. The Morgan fingerprint density at radius 1 is 1.53 bits per heavy atom. The third-order valence-electron chi connectivity index (χ3n) is 2.09. The van der Waals surface area contributed by atoms with Crippen molar-refractivity contribution in [3.05, 3.63) is 29.6 Å². The van der Waals surface area contributed by atoms with E-state index in [0.717, 1.165) is 6.07 Å². The predicted molar refractivity (Wildman–Crippen MR) is 48.6 cm³/mol. The third kappa shape index (κ3) is 1.92. The zero-order valence-corrected chi connectivity index (χ0v) is 7.77. The van der Waals surface area contributed by atoms with Crippen LogP contribution in [-0.2, 0) is 4.74 Å². The molecule has 4 nitrogen and oxygen atoms in total. The second-order valence-corrected chi connectivity index (χ2v) is 3.20. The average molecular weight is 212 g/mol. The maximum atomic E-state index is 13.2. The van der Waals surface area contributed by atoms with Crippen LogP contribution in [0.5, 0.6) is 5.75 Å². The summed E-state index contributed by atoms with van der Waals surface area (Å²) in [4.78, 5) is 10.8. The van der Waals surface area contributed by atoms with Crippen LogP contribution in [0.25, 0.3) is 0 Å². The molecule has 5 heteroatoms. The number of hydrogen-bond acceptors (Lipinski definition) is 3. The van der Waals surface area contributed by atoms with E-state index >= 15 is 0 Å². The van der Waals surface area contributed by atoms with Crippen LogP contribution < -0.4 is 4.74 Å². The van der Waals surface area contributed by atoms with E-state index in [2.05, 4.69) is 0 Å². The van der Waals surface area contributed by atoms with Gasteiger partial charge in [-0.1, -0.05) is 6.07 Å². The fraction of sp³-hybridized carbons (Fsp3) is 0.300. The Hall–Kier alpha value is -1.62. The third-order valence-corrected chi connectivity index (χ3v) is 2.09. The SMILES string of the molecule is O=C(O)c1c(F)cccc1OC1COC1. The van der Waals surface area contributed by atoms with Crippen LogP contribution in [0.4, 0.5) is 4.39 Å². The molecule has 1 aliphatic rings. The highest BCUT2D eigenvalue weighted by molar-refractivity contribution is 5.91. The fourth-order valence-electron chi connectivity index (χ4n) is 1.27. The first kappa shape index (κ1) is 9.92. The highest BCUT2D eigenvalue weighted by atomic mass is 19.1. The topological polar surface area (TPSA) is 55.8 Å². The van der Waals surface area contributed by atoms with Gasteiger partial charge in [0.2, 0.25) is 0 Å². The molecule has 0 aliphatic carbocycles. The number of halogens is 1. The van der Waals surface area contributed by atoms with Gasteiger partial charge in [-0.25, -0.2) is 9.18 Å². The lowest BCUT2D eigenvalue weighted by molar-refractivity contribution is -0.0800. The lowest BCUT2D eigenvalue weighted by atomic mass is 10.2. The second kappa shape index (κ2) is 3.86. The Bertz CT molecular complexity index is 387. The quantitative estimate of drug-likeness (QED) is 0.820. The number of carboxylic acids is 1. The fourth-order valence-corrected chi connectivity index (χ4v) is 1.27. The summed E-state index contributed by atoms with van der Waals surface area (Å²) in [7, 11) is 0. The lowest BCUT2D eigenvalue weighted by Gasteiger charge is -2.27. The molecule has 1 N–H and O–H groups in total. The maximum Gasteiger partial charge on any atom is 0.342 e. The molecular weight excluding hydrogens is 203 g/mol. The minimum Gasteiger partial charge on any atom is -0.485 e. The number of carbonyl (C=O) groups is 1. The van der Waals surface area contributed by atoms with E-state index in [0.29, 0.717) is 13.2 Å². The average Bonchev–Trinajstić information content (AvgIpc) is 2.10. The van der Waals surface area contributed by atoms with E-state index in [4.69, 9.17) is 14.6 Å². The van der Waals surface area contributed by atoms with Crippen LogP contribution in [0.15, 0.2) is 18.2 Å². The number of aromatic carboxylic acids is 1. The van der Waals surface area contributed by atoms with Gasteiger partial charge in [-0.2, -0.15) is 0 Å². The monoisotopic (exact) mass is 212 g/mol. The molecule has 0 radical (unpaired) electrons. The van der Waals surface area contributed by atoms with Gasteiger partial charge in [0.05, 0.1) is 13.2 Å². The summed E-state index contributed by atoms with van der Waals surface area (Å²) in [5.74, 6) is -2.07. The molecule has 15 heavy (non-hydrogen) atoms. The van der Waals surface area contributed by atoms with E-state index in [1.807, 2.05) is 0 Å². The van der Waals surface area contributed by atoms with Crippen molar-refractivity contribution < 1.29 is 23.8 Å². The van der Waals surface area contributed by atoms with Crippen LogP contribution in [0.2, 0.25) is 0 Å². The number of carboxylic acid groups (broad SMARTS) is 1. The number of benzene rings is 1. The molecule has 0 spiro atoms. The molecule has 1 aromatic carbocycles. The van der Waals surface area contributed by atoms with Gasteiger partial charge in [-0.3, -0.25) is 0 Å². The van der Waals surface area contributed by atoms with E-state index in [1.54, 1.807) is 0 Å². The van der Waals surface area contributed by atoms with E-state index in [-0.39, 0.29) is 11.9 Å². The number of ether oxygens (including phenoxy) is 2. The minimum atomic E-state index is -1.33. The molecule has 1 heterocycles. The van der Waals surface area contributed by atoms with E-state index in [9.17, 15) is 9.18 Å². The van der Waals surface area contributed by atoms with Crippen molar-refractivity contribution >= 4 is 5.97 Å². The summed E-state index contributed by atoms with van der Waals surface area (Å²) >= 11 is 0. The van der Waals surface area contributed by atoms with Crippen molar-refractivity contribution in [2.24, 2.45) is 0 Å². The van der Waals surface area contributed by atoms with Crippen molar-refractivity contribution in [3.63, 3.8) is 0 Å². The predicted octanol–water partition coefficient (Wildman–Crippen LogP) is 1.30. The first-order valence-corrected chi connectivity index (χ1v) is 4.44. The molecule has 0 aromatic heterocycles. The molecule has 0 atom stereocenters. The molecule has 1 saturated heterocycles. The Morgan fingerprint density at radius 3 is 2.80 bits per heavy atom. The standard InChI is InChI=1S/C10H9FO4/c11-7-2-1-3-8(9(7)10(12)13)15-6-4-14-5-6/h1-3,6H,4-5H2,(H,12,13). The lowest BCUT2D eigenvalue weighted by Crippen LogP contribution is -2.38. The molecular formula is C10H9FO4. The van der Waals surface area contributed by atoms with Gasteiger partial charge >= 0.3 is 5.97 Å². The summed E-state index contributed by atoms with van der Waals surface area (Å²) < 4.78 is 23.3. The maximum absolute atomic E-state index is 13.2. The van der Waals surface area contributed by atoms with Crippen molar-refractivity contribution in [2.45, 2.75) is 6.10 Å². The molecule has 2 rings (SSSR count). The van der Waals surface area contributed by atoms with Gasteiger partial charge in [-0.15, -0.1) is 0 Å².